The molecule has 0 N–H and O–H groups in total. The molecule has 0 radical (unpaired) electrons. The first-order chi connectivity index (χ1) is 7.76. The number of ether oxygens (including phenoxy) is 2. The van der Waals surface area contributed by atoms with E-state index in [4.69, 9.17) is 21.1 Å². The highest BCUT2D eigenvalue weighted by Crippen LogP contribution is 2.31. The third kappa shape index (κ3) is 1.93. The third-order valence-electron chi connectivity index (χ3n) is 2.42. The zero-order chi connectivity index (χ0) is 11.5. The summed E-state index contributed by atoms with van der Waals surface area (Å²) in [5.41, 5.74) is 0.711. The molecule has 86 valence electrons. The molecule has 0 spiro atoms. The molecule has 0 bridgehead atoms. The van der Waals surface area contributed by atoms with Gasteiger partial charge < -0.3 is 9.47 Å². The second-order valence-electron chi connectivity index (χ2n) is 3.44. The quantitative estimate of drug-likeness (QED) is 0.762. The standard InChI is InChI=1S/C11H12ClNO3/c1-15-10-5-3-2-4-9(10)13-7-8(6-12)16-11(13)14/h2-5,8H,6-7H2,1H3. The van der Waals surface area contributed by atoms with Gasteiger partial charge in [0.05, 0.1) is 25.2 Å². The average Bonchev–Trinajstić information content (AvgIpc) is 2.70. The van der Waals surface area contributed by atoms with Crippen molar-refractivity contribution in [3.05, 3.63) is 24.3 Å². The Morgan fingerprint density at radius 1 is 1.56 bits per heavy atom. The van der Waals surface area contributed by atoms with Crippen LogP contribution in [0.5, 0.6) is 5.75 Å². The minimum absolute atomic E-state index is 0.251. The minimum Gasteiger partial charge on any atom is -0.495 e. The molecule has 0 saturated carbocycles. The van der Waals surface area contributed by atoms with E-state index in [0.29, 0.717) is 23.9 Å². The van der Waals surface area contributed by atoms with Crippen molar-refractivity contribution in [3.8, 4) is 5.75 Å². The third-order valence-corrected chi connectivity index (χ3v) is 2.77. The fourth-order valence-electron chi connectivity index (χ4n) is 1.65. The number of hydrogen-bond acceptors (Lipinski definition) is 3. The lowest BCUT2D eigenvalue weighted by Gasteiger charge is -2.15. The van der Waals surface area contributed by atoms with E-state index in [2.05, 4.69) is 0 Å². The second-order valence-corrected chi connectivity index (χ2v) is 3.75. The van der Waals surface area contributed by atoms with Crippen molar-refractivity contribution >= 4 is 23.4 Å². The van der Waals surface area contributed by atoms with Gasteiger partial charge in [0.2, 0.25) is 0 Å². The van der Waals surface area contributed by atoms with E-state index < -0.39 is 0 Å². The molecule has 1 aliphatic heterocycles. The summed E-state index contributed by atoms with van der Waals surface area (Å²) in [4.78, 5) is 13.1. The normalized spacial score (nSPS) is 19.8. The highest BCUT2D eigenvalue weighted by atomic mass is 35.5. The summed E-state index contributed by atoms with van der Waals surface area (Å²) in [6.07, 6.45) is -0.630. The number of hydrogen-bond donors (Lipinski definition) is 0. The lowest BCUT2D eigenvalue weighted by molar-refractivity contribution is 0.151. The average molecular weight is 242 g/mol. The fraction of sp³-hybridized carbons (Fsp3) is 0.364. The van der Waals surface area contributed by atoms with E-state index in [9.17, 15) is 4.79 Å². The number of carbonyl (C=O) groups is 1. The van der Waals surface area contributed by atoms with E-state index in [1.54, 1.807) is 13.2 Å². The van der Waals surface area contributed by atoms with Crippen LogP contribution in [0.4, 0.5) is 10.5 Å². The van der Waals surface area contributed by atoms with Crippen molar-refractivity contribution in [2.75, 3.05) is 24.4 Å². The van der Waals surface area contributed by atoms with Crippen LogP contribution in [0.3, 0.4) is 0 Å². The zero-order valence-electron chi connectivity index (χ0n) is 8.85. The van der Waals surface area contributed by atoms with Gasteiger partial charge in [-0.3, -0.25) is 4.90 Å². The summed E-state index contributed by atoms with van der Waals surface area (Å²) in [5.74, 6) is 0.951. The maximum atomic E-state index is 11.6. The van der Waals surface area contributed by atoms with Gasteiger partial charge in [0.1, 0.15) is 11.9 Å². The van der Waals surface area contributed by atoms with Crippen LogP contribution in [-0.4, -0.2) is 31.7 Å². The van der Waals surface area contributed by atoms with Crippen LogP contribution in [0, 0.1) is 0 Å². The first-order valence-corrected chi connectivity index (χ1v) is 5.47. The molecule has 5 heteroatoms. The van der Waals surface area contributed by atoms with E-state index in [-0.39, 0.29) is 12.2 Å². The number of amides is 1. The van der Waals surface area contributed by atoms with Gasteiger partial charge in [0.25, 0.3) is 0 Å². The number of benzene rings is 1. The largest absolute Gasteiger partial charge is 0.495 e. The number of methoxy groups -OCH3 is 1. The van der Waals surface area contributed by atoms with E-state index >= 15 is 0 Å². The van der Waals surface area contributed by atoms with Crippen LogP contribution < -0.4 is 9.64 Å². The smallest absolute Gasteiger partial charge is 0.414 e. The van der Waals surface area contributed by atoms with Crippen molar-refractivity contribution in [2.24, 2.45) is 0 Å². The Balaban J connectivity index is 2.27. The van der Waals surface area contributed by atoms with Gasteiger partial charge in [-0.15, -0.1) is 11.6 Å². The molecule has 0 aromatic heterocycles. The molecule has 1 atom stereocenters. The van der Waals surface area contributed by atoms with Crippen LogP contribution in [0.2, 0.25) is 0 Å². The first kappa shape index (κ1) is 11.1. The van der Waals surface area contributed by atoms with Gasteiger partial charge in [-0.2, -0.15) is 0 Å². The van der Waals surface area contributed by atoms with Gasteiger partial charge in [-0.05, 0) is 12.1 Å². The molecule has 1 aliphatic rings. The van der Waals surface area contributed by atoms with Crippen LogP contribution >= 0.6 is 11.6 Å². The first-order valence-electron chi connectivity index (χ1n) is 4.93. The van der Waals surface area contributed by atoms with Gasteiger partial charge in [-0.1, -0.05) is 12.1 Å². The zero-order valence-corrected chi connectivity index (χ0v) is 9.61. The maximum Gasteiger partial charge on any atom is 0.414 e. The SMILES string of the molecule is COc1ccccc1N1CC(CCl)OC1=O. The molecule has 1 fully saturated rings. The molecule has 0 aliphatic carbocycles. The topological polar surface area (TPSA) is 38.8 Å². The summed E-state index contributed by atoms with van der Waals surface area (Å²) in [6.45, 7) is 0.461. The molecule has 1 aromatic rings. The predicted molar refractivity (Wildman–Crippen MR) is 61.3 cm³/mol. The predicted octanol–water partition coefficient (Wildman–Crippen LogP) is 2.26. The number of para-hydroxylation sites is 2. The molecule has 1 saturated heterocycles. The lowest BCUT2D eigenvalue weighted by atomic mass is 10.2. The summed E-state index contributed by atoms with van der Waals surface area (Å²) >= 11 is 5.66. The summed E-state index contributed by atoms with van der Waals surface area (Å²) < 4.78 is 10.3. The van der Waals surface area contributed by atoms with Gasteiger partial charge in [0.15, 0.2) is 0 Å². The number of anilines is 1. The number of halogens is 1. The van der Waals surface area contributed by atoms with Crippen LogP contribution in [0.15, 0.2) is 24.3 Å². The minimum atomic E-state index is -0.379. The van der Waals surface area contributed by atoms with Crippen molar-refractivity contribution in [2.45, 2.75) is 6.10 Å². The van der Waals surface area contributed by atoms with Crippen LogP contribution in [-0.2, 0) is 4.74 Å². The number of rotatable bonds is 3. The van der Waals surface area contributed by atoms with Gasteiger partial charge >= 0.3 is 6.09 Å². The molecule has 1 unspecified atom stereocenters. The van der Waals surface area contributed by atoms with Crippen molar-refractivity contribution in [1.29, 1.82) is 0 Å². The van der Waals surface area contributed by atoms with Crippen LogP contribution in [0.25, 0.3) is 0 Å². The highest BCUT2D eigenvalue weighted by Gasteiger charge is 2.33. The Kier molecular flexibility index (Phi) is 3.19. The Morgan fingerprint density at radius 2 is 2.31 bits per heavy atom. The maximum absolute atomic E-state index is 11.6. The summed E-state index contributed by atoms with van der Waals surface area (Å²) in [7, 11) is 1.57. The molecular weight excluding hydrogens is 230 g/mol. The number of alkyl halides is 1. The monoisotopic (exact) mass is 241 g/mol. The molecule has 1 heterocycles. The van der Waals surface area contributed by atoms with Crippen molar-refractivity contribution in [1.82, 2.24) is 0 Å². The van der Waals surface area contributed by atoms with E-state index in [1.807, 2.05) is 18.2 Å². The van der Waals surface area contributed by atoms with Gasteiger partial charge in [0, 0.05) is 0 Å². The molecule has 1 amide bonds. The second kappa shape index (κ2) is 4.61. The van der Waals surface area contributed by atoms with E-state index in [1.165, 1.54) is 4.90 Å². The Hall–Kier alpha value is -1.42. The van der Waals surface area contributed by atoms with Crippen LogP contribution in [0.1, 0.15) is 0 Å². The molecule has 1 aromatic carbocycles. The molecular formula is C11H12ClNO3. The molecule has 4 nitrogen and oxygen atoms in total. The number of carbonyl (C=O) groups excluding carboxylic acids is 1. The van der Waals surface area contributed by atoms with Gasteiger partial charge in [-0.25, -0.2) is 4.79 Å². The van der Waals surface area contributed by atoms with Crippen molar-refractivity contribution < 1.29 is 14.3 Å². The van der Waals surface area contributed by atoms with E-state index in [0.717, 1.165) is 0 Å². The lowest BCUT2D eigenvalue weighted by Crippen LogP contribution is -2.25. The Labute approximate surface area is 98.7 Å². The summed E-state index contributed by atoms with van der Waals surface area (Å²) in [5, 5.41) is 0. The van der Waals surface area contributed by atoms with Crippen molar-refractivity contribution in [3.63, 3.8) is 0 Å². The Bertz CT molecular complexity index is 397. The Morgan fingerprint density at radius 3 is 2.94 bits per heavy atom. The highest BCUT2D eigenvalue weighted by molar-refractivity contribution is 6.18. The summed E-state index contributed by atoms with van der Waals surface area (Å²) in [6, 6.07) is 7.31. The number of nitrogens with zero attached hydrogens (tertiary/aromatic N) is 1. The molecule has 16 heavy (non-hydrogen) atoms. The fourth-order valence-corrected chi connectivity index (χ4v) is 1.81. The number of cyclic esters (lactones) is 1. The molecule has 2 rings (SSSR count).